The number of amides is 1. The van der Waals surface area contributed by atoms with Crippen LogP contribution in [0.1, 0.15) is 24.8 Å². The number of nitrogens with zero attached hydrogens (tertiary/aromatic N) is 2. The van der Waals surface area contributed by atoms with Gasteiger partial charge in [0.25, 0.3) is 0 Å². The molecule has 2 unspecified atom stereocenters. The summed E-state index contributed by atoms with van der Waals surface area (Å²) < 4.78 is 5.53. The molecule has 3 rings (SSSR count). The molecule has 0 spiro atoms. The molecule has 0 radical (unpaired) electrons. The van der Waals surface area contributed by atoms with Crippen LogP contribution in [0.3, 0.4) is 0 Å². The summed E-state index contributed by atoms with van der Waals surface area (Å²) in [6.45, 7) is 4.16. The summed E-state index contributed by atoms with van der Waals surface area (Å²) in [5, 5.41) is 11.7. The first-order valence-corrected chi connectivity index (χ1v) is 8.37. The molecule has 0 aliphatic carbocycles. The zero-order valence-electron chi connectivity index (χ0n) is 13.0. The average Bonchev–Trinajstić information content (AvgIpc) is 3.18. The molecule has 0 bridgehead atoms. The van der Waals surface area contributed by atoms with Gasteiger partial charge in [-0.15, -0.1) is 11.3 Å². The maximum atomic E-state index is 12.4. The van der Waals surface area contributed by atoms with E-state index in [0.717, 1.165) is 10.8 Å². The highest BCUT2D eigenvalue weighted by Crippen LogP contribution is 2.28. The second-order valence-electron chi connectivity index (χ2n) is 5.79. The summed E-state index contributed by atoms with van der Waals surface area (Å²) in [7, 11) is 0. The minimum absolute atomic E-state index is 0.0753. The molecule has 7 heteroatoms. The Morgan fingerprint density at radius 1 is 1.48 bits per heavy atom. The number of carbonyl (C=O) groups excluding carboxylic acids is 1. The highest BCUT2D eigenvalue weighted by molar-refractivity contribution is 7.13. The van der Waals surface area contributed by atoms with Crippen LogP contribution in [-0.4, -0.2) is 39.5 Å². The Labute approximate surface area is 137 Å². The normalized spacial score (nSPS) is 20.9. The maximum Gasteiger partial charge on any atom is 0.308 e. The van der Waals surface area contributed by atoms with Gasteiger partial charge in [0.2, 0.25) is 5.91 Å². The number of rotatable bonds is 4. The van der Waals surface area contributed by atoms with Crippen molar-refractivity contribution >= 4 is 23.2 Å². The number of aryl methyl sites for hydroxylation is 1. The Morgan fingerprint density at radius 2 is 2.26 bits per heavy atom. The van der Waals surface area contributed by atoms with Crippen molar-refractivity contribution in [3.05, 3.63) is 29.0 Å². The van der Waals surface area contributed by atoms with E-state index in [0.29, 0.717) is 24.4 Å². The highest BCUT2D eigenvalue weighted by Gasteiger charge is 2.38. The number of carbonyl (C=O) groups is 2. The molecule has 1 amide bonds. The lowest BCUT2D eigenvalue weighted by Gasteiger charge is -2.22. The second-order valence-corrected chi connectivity index (χ2v) is 6.65. The number of carboxylic acid groups (broad SMARTS) is 1. The van der Waals surface area contributed by atoms with Crippen LogP contribution in [0.25, 0.3) is 10.8 Å². The molecule has 3 heterocycles. The van der Waals surface area contributed by atoms with Crippen molar-refractivity contribution in [2.75, 3.05) is 6.54 Å². The van der Waals surface area contributed by atoms with Crippen molar-refractivity contribution in [1.29, 1.82) is 0 Å². The lowest BCUT2D eigenvalue weighted by atomic mass is 10.0. The largest absolute Gasteiger partial charge is 0.481 e. The fourth-order valence-corrected chi connectivity index (χ4v) is 3.71. The molecule has 0 aromatic carbocycles. The topological polar surface area (TPSA) is 83.6 Å². The lowest BCUT2D eigenvalue weighted by molar-refractivity contribution is -0.143. The molecular formula is C16H18N2O4S. The predicted molar refractivity (Wildman–Crippen MR) is 85.2 cm³/mol. The SMILES string of the molecule is Cc1ccc(-c2nc(CC(=O)N3CCC(C(=O)O)C3C)cs2)o1. The Kier molecular flexibility index (Phi) is 4.21. The predicted octanol–water partition coefficient (Wildman–Crippen LogP) is 2.58. The molecule has 2 atom stereocenters. The minimum atomic E-state index is -0.836. The number of hydrogen-bond acceptors (Lipinski definition) is 5. The van der Waals surface area contributed by atoms with E-state index < -0.39 is 11.9 Å². The van der Waals surface area contributed by atoms with Crippen molar-refractivity contribution in [3.8, 4) is 10.8 Å². The Balaban J connectivity index is 1.67. The summed E-state index contributed by atoms with van der Waals surface area (Å²) in [4.78, 5) is 29.7. The van der Waals surface area contributed by atoms with E-state index in [1.54, 1.807) is 11.8 Å². The smallest absolute Gasteiger partial charge is 0.308 e. The lowest BCUT2D eigenvalue weighted by Crippen LogP contribution is -2.38. The van der Waals surface area contributed by atoms with E-state index in [1.807, 2.05) is 24.4 Å². The van der Waals surface area contributed by atoms with E-state index in [-0.39, 0.29) is 18.4 Å². The maximum absolute atomic E-state index is 12.4. The van der Waals surface area contributed by atoms with E-state index >= 15 is 0 Å². The molecule has 1 aliphatic rings. The molecule has 6 nitrogen and oxygen atoms in total. The number of aromatic nitrogens is 1. The van der Waals surface area contributed by atoms with Crippen LogP contribution in [0.2, 0.25) is 0 Å². The van der Waals surface area contributed by atoms with Gasteiger partial charge in [-0.3, -0.25) is 9.59 Å². The molecule has 2 aromatic rings. The molecule has 1 N–H and O–H groups in total. The first kappa shape index (κ1) is 15.7. The van der Waals surface area contributed by atoms with Crippen LogP contribution in [0.5, 0.6) is 0 Å². The highest BCUT2D eigenvalue weighted by atomic mass is 32.1. The van der Waals surface area contributed by atoms with Crippen molar-refractivity contribution in [1.82, 2.24) is 9.88 Å². The third-order valence-electron chi connectivity index (χ3n) is 4.23. The Bertz CT molecular complexity index is 736. The van der Waals surface area contributed by atoms with Crippen LogP contribution in [0.4, 0.5) is 0 Å². The monoisotopic (exact) mass is 334 g/mol. The third-order valence-corrected chi connectivity index (χ3v) is 5.13. The number of aliphatic carboxylic acids is 1. The molecule has 0 saturated carbocycles. The fourth-order valence-electron chi connectivity index (χ4n) is 2.93. The molecule has 1 aliphatic heterocycles. The summed E-state index contributed by atoms with van der Waals surface area (Å²) in [6.07, 6.45) is 0.698. The van der Waals surface area contributed by atoms with Gasteiger partial charge >= 0.3 is 5.97 Å². The van der Waals surface area contributed by atoms with E-state index in [2.05, 4.69) is 4.98 Å². The van der Waals surface area contributed by atoms with Crippen LogP contribution in [0.15, 0.2) is 21.9 Å². The molecular weight excluding hydrogens is 316 g/mol. The minimum Gasteiger partial charge on any atom is -0.481 e. The summed E-state index contributed by atoms with van der Waals surface area (Å²) in [5.41, 5.74) is 0.690. The van der Waals surface area contributed by atoms with Crippen molar-refractivity contribution in [2.24, 2.45) is 5.92 Å². The van der Waals surface area contributed by atoms with Gasteiger partial charge in [0, 0.05) is 18.0 Å². The number of furan rings is 1. The summed E-state index contributed by atoms with van der Waals surface area (Å²) >= 11 is 1.44. The third kappa shape index (κ3) is 3.14. The quantitative estimate of drug-likeness (QED) is 0.929. The number of likely N-dealkylation sites (tertiary alicyclic amines) is 1. The van der Waals surface area contributed by atoms with Crippen LogP contribution >= 0.6 is 11.3 Å². The Morgan fingerprint density at radius 3 is 2.87 bits per heavy atom. The van der Waals surface area contributed by atoms with Crippen LogP contribution in [-0.2, 0) is 16.0 Å². The molecule has 2 aromatic heterocycles. The molecule has 23 heavy (non-hydrogen) atoms. The summed E-state index contributed by atoms with van der Waals surface area (Å²) in [5.74, 6) is 0.131. The van der Waals surface area contributed by atoms with Gasteiger partial charge in [-0.2, -0.15) is 0 Å². The van der Waals surface area contributed by atoms with Gasteiger partial charge < -0.3 is 14.4 Å². The fraction of sp³-hybridized carbons (Fsp3) is 0.438. The van der Waals surface area contributed by atoms with E-state index in [1.165, 1.54) is 11.3 Å². The first-order chi connectivity index (χ1) is 11.0. The van der Waals surface area contributed by atoms with Gasteiger partial charge in [0.15, 0.2) is 10.8 Å². The Hall–Kier alpha value is -2.15. The van der Waals surface area contributed by atoms with Crippen molar-refractivity contribution in [2.45, 2.75) is 32.7 Å². The van der Waals surface area contributed by atoms with Crippen LogP contribution < -0.4 is 0 Å². The van der Waals surface area contributed by atoms with Gasteiger partial charge in [0.05, 0.1) is 18.0 Å². The second kappa shape index (κ2) is 6.16. The molecule has 1 saturated heterocycles. The molecule has 1 fully saturated rings. The van der Waals surface area contributed by atoms with E-state index in [9.17, 15) is 9.59 Å². The van der Waals surface area contributed by atoms with E-state index in [4.69, 9.17) is 9.52 Å². The summed E-state index contributed by atoms with van der Waals surface area (Å²) in [6, 6.07) is 3.46. The number of carboxylic acids is 1. The van der Waals surface area contributed by atoms with Crippen molar-refractivity contribution < 1.29 is 19.1 Å². The van der Waals surface area contributed by atoms with Gasteiger partial charge in [-0.05, 0) is 32.4 Å². The molecule has 122 valence electrons. The number of thiazole rings is 1. The van der Waals surface area contributed by atoms with Crippen molar-refractivity contribution in [3.63, 3.8) is 0 Å². The zero-order chi connectivity index (χ0) is 16.6. The zero-order valence-corrected chi connectivity index (χ0v) is 13.8. The van der Waals surface area contributed by atoms with Gasteiger partial charge in [0.1, 0.15) is 5.76 Å². The first-order valence-electron chi connectivity index (χ1n) is 7.49. The van der Waals surface area contributed by atoms with Gasteiger partial charge in [-0.1, -0.05) is 0 Å². The van der Waals surface area contributed by atoms with Crippen LogP contribution in [0, 0.1) is 12.8 Å². The average molecular weight is 334 g/mol. The standard InChI is InChI=1S/C16H18N2O4S/c1-9-3-4-13(22-9)15-17-11(8-23-15)7-14(19)18-6-5-12(10(18)2)16(20)21/h3-4,8,10,12H,5-7H2,1-2H3,(H,20,21). The number of hydrogen-bond donors (Lipinski definition) is 1. The van der Waals surface area contributed by atoms with Gasteiger partial charge in [-0.25, -0.2) is 4.98 Å².